The summed E-state index contributed by atoms with van der Waals surface area (Å²) in [5, 5.41) is 0. The van der Waals surface area contributed by atoms with E-state index in [1.807, 2.05) is 12.1 Å². The Labute approximate surface area is 123 Å². The van der Waals surface area contributed by atoms with E-state index in [4.69, 9.17) is 0 Å². The maximum Gasteiger partial charge on any atom is 0.137 e. The van der Waals surface area contributed by atoms with Gasteiger partial charge in [-0.25, -0.2) is 4.39 Å². The Bertz CT molecular complexity index is 415. The van der Waals surface area contributed by atoms with E-state index in [1.165, 1.54) is 31.0 Å². The highest BCUT2D eigenvalue weighted by Crippen LogP contribution is 2.22. The van der Waals surface area contributed by atoms with Gasteiger partial charge in [0, 0.05) is 13.1 Å². The molecule has 0 N–H and O–H groups in total. The quantitative estimate of drug-likeness (QED) is 0.836. The van der Waals surface area contributed by atoms with Crippen LogP contribution in [0.4, 0.5) is 4.39 Å². The van der Waals surface area contributed by atoms with Gasteiger partial charge in [-0.15, -0.1) is 0 Å². The molecule has 0 spiro atoms. The molecule has 0 radical (unpaired) electrons. The lowest BCUT2D eigenvalue weighted by molar-refractivity contribution is 0.157. The van der Waals surface area contributed by atoms with Crippen LogP contribution < -0.4 is 0 Å². The third-order valence-electron chi connectivity index (χ3n) is 3.72. The summed E-state index contributed by atoms with van der Waals surface area (Å²) in [4.78, 5) is 4.74. The van der Waals surface area contributed by atoms with Crippen LogP contribution in [0.2, 0.25) is 0 Å². The fourth-order valence-corrected chi connectivity index (χ4v) is 3.17. The van der Waals surface area contributed by atoms with Crippen LogP contribution in [0.5, 0.6) is 0 Å². The van der Waals surface area contributed by atoms with Crippen molar-refractivity contribution in [3.05, 3.63) is 34.1 Å². The molecule has 1 aromatic rings. The van der Waals surface area contributed by atoms with Gasteiger partial charge >= 0.3 is 0 Å². The Morgan fingerprint density at radius 3 is 2.58 bits per heavy atom. The Kier molecular flexibility index (Phi) is 5.37. The average Bonchev–Trinajstić information content (AvgIpc) is 2.36. The lowest BCUT2D eigenvalue weighted by Gasteiger charge is -2.33. The zero-order valence-corrected chi connectivity index (χ0v) is 13.3. The van der Waals surface area contributed by atoms with Crippen molar-refractivity contribution >= 4 is 15.9 Å². The molecule has 2 rings (SSSR count). The van der Waals surface area contributed by atoms with Gasteiger partial charge in [0.2, 0.25) is 0 Å². The summed E-state index contributed by atoms with van der Waals surface area (Å²) in [5.41, 5.74) is 1.18. The molecule has 1 fully saturated rings. The summed E-state index contributed by atoms with van der Waals surface area (Å²) >= 11 is 3.25. The number of hydrogen-bond acceptors (Lipinski definition) is 2. The summed E-state index contributed by atoms with van der Waals surface area (Å²) in [5.74, 6) is 0.639. The highest BCUT2D eigenvalue weighted by molar-refractivity contribution is 9.10. The number of nitrogens with zero attached hydrogens (tertiary/aromatic N) is 2. The molecule has 0 amide bonds. The first-order valence-corrected chi connectivity index (χ1v) is 7.65. The Balaban J connectivity index is 1.83. The van der Waals surface area contributed by atoms with E-state index < -0.39 is 0 Å². The summed E-state index contributed by atoms with van der Waals surface area (Å²) in [6.45, 7) is 4.41. The standard InChI is InChI=1S/C15H22BrFN2/c1-18(2)10-12-5-7-19(8-6-12)11-13-3-4-15(17)14(16)9-13/h3-4,9,12H,5-8,10-11H2,1-2H3. The van der Waals surface area contributed by atoms with Crippen LogP contribution in [0.25, 0.3) is 0 Å². The molecule has 0 aromatic heterocycles. The lowest BCUT2D eigenvalue weighted by atomic mass is 9.96. The minimum absolute atomic E-state index is 0.187. The van der Waals surface area contributed by atoms with Crippen LogP contribution in [0, 0.1) is 11.7 Å². The smallest absolute Gasteiger partial charge is 0.137 e. The molecule has 0 atom stereocenters. The molecule has 1 heterocycles. The van der Waals surface area contributed by atoms with Gasteiger partial charge in [-0.1, -0.05) is 6.07 Å². The summed E-state index contributed by atoms with van der Waals surface area (Å²) in [7, 11) is 4.28. The van der Waals surface area contributed by atoms with E-state index in [9.17, 15) is 4.39 Å². The molecule has 0 bridgehead atoms. The largest absolute Gasteiger partial charge is 0.309 e. The number of halogens is 2. The van der Waals surface area contributed by atoms with Gasteiger partial charge in [0.15, 0.2) is 0 Å². The average molecular weight is 329 g/mol. The first-order chi connectivity index (χ1) is 9.04. The van der Waals surface area contributed by atoms with E-state index >= 15 is 0 Å². The maximum absolute atomic E-state index is 13.2. The van der Waals surface area contributed by atoms with Crippen molar-refractivity contribution in [1.82, 2.24) is 9.80 Å². The van der Waals surface area contributed by atoms with E-state index in [0.29, 0.717) is 4.47 Å². The van der Waals surface area contributed by atoms with Crippen LogP contribution in [0.3, 0.4) is 0 Å². The molecular weight excluding hydrogens is 307 g/mol. The zero-order valence-electron chi connectivity index (χ0n) is 11.7. The third kappa shape index (κ3) is 4.55. The Morgan fingerprint density at radius 1 is 1.32 bits per heavy atom. The Morgan fingerprint density at radius 2 is 2.00 bits per heavy atom. The number of likely N-dealkylation sites (tertiary alicyclic amines) is 1. The molecule has 1 aliphatic rings. The zero-order chi connectivity index (χ0) is 13.8. The second-order valence-corrected chi connectivity index (χ2v) is 6.58. The van der Waals surface area contributed by atoms with Gasteiger partial charge in [-0.3, -0.25) is 4.90 Å². The highest BCUT2D eigenvalue weighted by Gasteiger charge is 2.19. The Hall–Kier alpha value is -0.450. The number of benzene rings is 1. The van der Waals surface area contributed by atoms with Crippen molar-refractivity contribution in [3.8, 4) is 0 Å². The van der Waals surface area contributed by atoms with Gasteiger partial charge in [-0.2, -0.15) is 0 Å². The minimum Gasteiger partial charge on any atom is -0.309 e. The summed E-state index contributed by atoms with van der Waals surface area (Å²) in [6, 6.07) is 5.31. The lowest BCUT2D eigenvalue weighted by Crippen LogP contribution is -2.36. The van der Waals surface area contributed by atoms with Crippen LogP contribution >= 0.6 is 15.9 Å². The SMILES string of the molecule is CN(C)CC1CCN(Cc2ccc(F)c(Br)c2)CC1. The number of piperidine rings is 1. The molecule has 0 saturated carbocycles. The molecule has 0 aliphatic carbocycles. The minimum atomic E-state index is -0.187. The van der Waals surface area contributed by atoms with Crippen molar-refractivity contribution < 1.29 is 4.39 Å². The molecular formula is C15H22BrFN2. The molecule has 106 valence electrons. The van der Waals surface area contributed by atoms with Crippen molar-refractivity contribution in [2.75, 3.05) is 33.7 Å². The van der Waals surface area contributed by atoms with Crippen molar-refractivity contribution in [2.45, 2.75) is 19.4 Å². The van der Waals surface area contributed by atoms with Gasteiger partial charge in [0.05, 0.1) is 4.47 Å². The van der Waals surface area contributed by atoms with Crippen LogP contribution in [0.15, 0.2) is 22.7 Å². The predicted octanol–water partition coefficient (Wildman–Crippen LogP) is 3.36. The molecule has 4 heteroatoms. The van der Waals surface area contributed by atoms with Crippen molar-refractivity contribution in [2.24, 2.45) is 5.92 Å². The maximum atomic E-state index is 13.2. The third-order valence-corrected chi connectivity index (χ3v) is 4.33. The molecule has 1 aliphatic heterocycles. The number of hydrogen-bond donors (Lipinski definition) is 0. The van der Waals surface area contributed by atoms with Gasteiger partial charge in [0.1, 0.15) is 5.82 Å². The summed E-state index contributed by atoms with van der Waals surface area (Å²) < 4.78 is 13.7. The van der Waals surface area contributed by atoms with Crippen LogP contribution in [0.1, 0.15) is 18.4 Å². The fourth-order valence-electron chi connectivity index (χ4n) is 2.74. The second kappa shape index (κ2) is 6.82. The van der Waals surface area contributed by atoms with Crippen molar-refractivity contribution in [3.63, 3.8) is 0 Å². The van der Waals surface area contributed by atoms with Gasteiger partial charge in [-0.05, 0) is 79.6 Å². The van der Waals surface area contributed by atoms with Gasteiger partial charge in [0.25, 0.3) is 0 Å². The molecule has 0 unspecified atom stereocenters. The monoisotopic (exact) mass is 328 g/mol. The van der Waals surface area contributed by atoms with E-state index in [2.05, 4.69) is 39.8 Å². The van der Waals surface area contributed by atoms with E-state index in [0.717, 1.165) is 25.6 Å². The number of rotatable bonds is 4. The first kappa shape index (κ1) is 14.9. The molecule has 1 saturated heterocycles. The van der Waals surface area contributed by atoms with E-state index in [-0.39, 0.29) is 5.82 Å². The van der Waals surface area contributed by atoms with E-state index in [1.54, 1.807) is 0 Å². The van der Waals surface area contributed by atoms with Crippen LogP contribution in [-0.2, 0) is 6.54 Å². The summed E-state index contributed by atoms with van der Waals surface area (Å²) in [6.07, 6.45) is 2.53. The predicted molar refractivity (Wildman–Crippen MR) is 80.7 cm³/mol. The second-order valence-electron chi connectivity index (χ2n) is 5.73. The van der Waals surface area contributed by atoms with Gasteiger partial charge < -0.3 is 4.90 Å². The molecule has 2 nitrogen and oxygen atoms in total. The molecule has 19 heavy (non-hydrogen) atoms. The first-order valence-electron chi connectivity index (χ1n) is 6.85. The topological polar surface area (TPSA) is 6.48 Å². The molecule has 1 aromatic carbocycles. The van der Waals surface area contributed by atoms with Crippen molar-refractivity contribution in [1.29, 1.82) is 0 Å². The normalized spacial score (nSPS) is 18.2. The van der Waals surface area contributed by atoms with Crippen LogP contribution in [-0.4, -0.2) is 43.5 Å². The highest BCUT2D eigenvalue weighted by atomic mass is 79.9. The fraction of sp³-hybridized carbons (Fsp3) is 0.600.